The first-order chi connectivity index (χ1) is 19.1. The zero-order valence-corrected chi connectivity index (χ0v) is 24.4. The fraction of sp³-hybridized carbons (Fsp3) is 0.483. The van der Waals surface area contributed by atoms with Crippen molar-refractivity contribution in [2.45, 2.75) is 44.4 Å². The minimum Gasteiger partial charge on any atom is -0.493 e. The van der Waals surface area contributed by atoms with Gasteiger partial charge in [-0.05, 0) is 58.1 Å². The van der Waals surface area contributed by atoms with Gasteiger partial charge in [0.15, 0.2) is 23.4 Å². The van der Waals surface area contributed by atoms with Crippen LogP contribution in [0.2, 0.25) is 5.02 Å². The number of urea groups is 1. The van der Waals surface area contributed by atoms with Gasteiger partial charge in [0.05, 0.1) is 36.4 Å². The number of aromatic nitrogens is 2. The minimum atomic E-state index is -0.562. The molecule has 40 heavy (non-hydrogen) atoms. The number of rotatable bonds is 6. The van der Waals surface area contributed by atoms with E-state index in [2.05, 4.69) is 34.2 Å². The van der Waals surface area contributed by atoms with Crippen molar-refractivity contribution >= 4 is 40.0 Å². The first kappa shape index (κ1) is 28.3. The number of carbonyl (C=O) groups excluding carboxylic acids is 1. The van der Waals surface area contributed by atoms with Crippen molar-refractivity contribution in [2.75, 3.05) is 53.2 Å². The van der Waals surface area contributed by atoms with Crippen LogP contribution in [-0.4, -0.2) is 96.4 Å². The Kier molecular flexibility index (Phi) is 8.03. The van der Waals surface area contributed by atoms with E-state index in [9.17, 15) is 9.18 Å². The van der Waals surface area contributed by atoms with Crippen molar-refractivity contribution in [1.82, 2.24) is 19.8 Å². The van der Waals surface area contributed by atoms with E-state index in [0.29, 0.717) is 34.8 Å². The van der Waals surface area contributed by atoms with E-state index >= 15 is 0 Å². The van der Waals surface area contributed by atoms with Gasteiger partial charge in [0.1, 0.15) is 18.7 Å². The molecule has 0 radical (unpaired) electrons. The molecule has 214 valence electrons. The molecule has 1 aromatic heterocycles. The zero-order chi connectivity index (χ0) is 28.6. The molecule has 1 N–H and O–H groups in total. The van der Waals surface area contributed by atoms with Crippen LogP contribution in [0.4, 0.5) is 20.7 Å². The van der Waals surface area contributed by atoms with Crippen molar-refractivity contribution in [3.63, 3.8) is 0 Å². The lowest BCUT2D eigenvalue weighted by atomic mass is 10.0. The molecule has 2 fully saturated rings. The maximum atomic E-state index is 14.6. The van der Waals surface area contributed by atoms with Crippen molar-refractivity contribution in [3.8, 4) is 11.5 Å². The van der Waals surface area contributed by atoms with Crippen molar-refractivity contribution in [2.24, 2.45) is 0 Å². The number of halogens is 2. The van der Waals surface area contributed by atoms with Crippen molar-refractivity contribution in [1.29, 1.82) is 0 Å². The number of likely N-dealkylation sites (tertiary alicyclic amines) is 2. The van der Waals surface area contributed by atoms with Gasteiger partial charge >= 0.3 is 6.03 Å². The van der Waals surface area contributed by atoms with Gasteiger partial charge in [0.25, 0.3) is 0 Å². The van der Waals surface area contributed by atoms with E-state index in [1.165, 1.54) is 12.4 Å². The molecule has 11 heteroatoms. The number of anilines is 2. The van der Waals surface area contributed by atoms with Crippen LogP contribution in [0.25, 0.3) is 10.9 Å². The summed E-state index contributed by atoms with van der Waals surface area (Å²) < 4.78 is 27.0. The van der Waals surface area contributed by atoms with Crippen LogP contribution >= 0.6 is 11.6 Å². The number of benzene rings is 2. The zero-order valence-electron chi connectivity index (χ0n) is 23.7. The first-order valence-corrected chi connectivity index (χ1v) is 14.0. The molecular weight excluding hydrogens is 535 g/mol. The summed E-state index contributed by atoms with van der Waals surface area (Å²) in [5.41, 5.74) is 0.815. The number of amides is 2. The van der Waals surface area contributed by atoms with Gasteiger partial charge in [-0.3, -0.25) is 4.90 Å². The minimum absolute atomic E-state index is 0.0154. The molecule has 5 rings (SSSR count). The Labute approximate surface area is 239 Å². The molecule has 0 saturated carbocycles. The second-order valence-electron chi connectivity index (χ2n) is 11.2. The second kappa shape index (κ2) is 11.3. The third kappa shape index (κ3) is 5.40. The Bertz CT molecular complexity index is 1400. The number of fused-ring (bicyclic) bond motifs is 1. The van der Waals surface area contributed by atoms with Crippen LogP contribution in [0.5, 0.6) is 11.5 Å². The lowest BCUT2D eigenvalue weighted by Gasteiger charge is -2.40. The fourth-order valence-electron chi connectivity index (χ4n) is 5.86. The largest absolute Gasteiger partial charge is 0.493 e. The van der Waals surface area contributed by atoms with Gasteiger partial charge in [-0.25, -0.2) is 23.6 Å². The topological polar surface area (TPSA) is 79.8 Å². The summed E-state index contributed by atoms with van der Waals surface area (Å²) in [7, 11) is 7.65. The van der Waals surface area contributed by atoms with E-state index in [4.69, 9.17) is 21.1 Å². The molecule has 2 aliphatic heterocycles. The lowest BCUT2D eigenvalue weighted by molar-refractivity contribution is -0.845. The molecule has 2 saturated heterocycles. The highest BCUT2D eigenvalue weighted by Gasteiger charge is 2.50. The van der Waals surface area contributed by atoms with E-state index in [-0.39, 0.29) is 39.4 Å². The van der Waals surface area contributed by atoms with Gasteiger partial charge in [0.2, 0.25) is 0 Å². The third-order valence-corrected chi connectivity index (χ3v) is 8.85. The second-order valence-corrected chi connectivity index (χ2v) is 11.6. The summed E-state index contributed by atoms with van der Waals surface area (Å²) in [6.07, 6.45) is 3.89. The van der Waals surface area contributed by atoms with E-state index in [1.807, 2.05) is 19.0 Å². The standard InChI is InChI=1S/C29H37ClFN6O3/c1-18-13-20(16-37(18,4)29(38)36(3)19-9-11-35(2)12-10-19)40-26-14-21-24(15-25(26)39-5)32-17-33-28(21)34-23-8-6-7-22(30)27(23)31/h6-8,14-15,17-20H,9-13,16H2,1-5H3,(H,32,33,34)/q+1/t18?,20-,37?/m0/s1. The maximum Gasteiger partial charge on any atom is 0.419 e. The number of piperidine rings is 1. The number of nitrogens with zero attached hydrogens (tertiary/aromatic N) is 5. The highest BCUT2D eigenvalue weighted by molar-refractivity contribution is 6.31. The Balaban J connectivity index is 1.38. The van der Waals surface area contributed by atoms with E-state index in [1.54, 1.807) is 31.4 Å². The lowest BCUT2D eigenvalue weighted by Crippen LogP contribution is -2.60. The molecular formula is C29H37ClFN6O3+. The van der Waals surface area contributed by atoms with Crippen molar-refractivity contribution < 1.29 is 23.1 Å². The number of nitrogens with one attached hydrogen (secondary N) is 1. The Hall–Kier alpha value is -3.21. The average molecular weight is 572 g/mol. The molecule has 0 bridgehead atoms. The van der Waals surface area contributed by atoms with Crippen LogP contribution in [-0.2, 0) is 0 Å². The fourth-order valence-corrected chi connectivity index (χ4v) is 6.04. The highest BCUT2D eigenvalue weighted by atomic mass is 35.5. The first-order valence-electron chi connectivity index (χ1n) is 13.6. The summed E-state index contributed by atoms with van der Waals surface area (Å²) in [4.78, 5) is 26.7. The van der Waals surface area contributed by atoms with Crippen LogP contribution in [0.3, 0.4) is 0 Å². The quantitative estimate of drug-likeness (QED) is 0.402. The Morgan fingerprint density at radius 2 is 1.98 bits per heavy atom. The van der Waals surface area contributed by atoms with Gasteiger partial charge in [-0.2, -0.15) is 0 Å². The normalized spacial score (nSPS) is 23.8. The Morgan fingerprint density at radius 3 is 2.70 bits per heavy atom. The van der Waals surface area contributed by atoms with Gasteiger partial charge in [0, 0.05) is 31.0 Å². The highest BCUT2D eigenvalue weighted by Crippen LogP contribution is 2.38. The number of hydrogen-bond acceptors (Lipinski definition) is 7. The predicted octanol–water partition coefficient (Wildman–Crippen LogP) is 5.31. The van der Waals surface area contributed by atoms with Gasteiger partial charge in [-0.15, -0.1) is 0 Å². The number of hydrogen-bond donors (Lipinski definition) is 1. The monoisotopic (exact) mass is 571 g/mol. The van der Waals surface area contributed by atoms with Gasteiger partial charge < -0.3 is 19.7 Å². The molecule has 0 aliphatic carbocycles. The molecule has 3 aromatic rings. The Morgan fingerprint density at radius 1 is 1.23 bits per heavy atom. The summed E-state index contributed by atoms with van der Waals surface area (Å²) in [6, 6.07) is 8.79. The molecule has 3 heterocycles. The molecule has 0 spiro atoms. The van der Waals surface area contributed by atoms with Crippen LogP contribution in [0.1, 0.15) is 26.2 Å². The number of ether oxygens (including phenoxy) is 2. The van der Waals surface area contributed by atoms with Crippen LogP contribution < -0.4 is 14.8 Å². The van der Waals surface area contributed by atoms with E-state index in [0.717, 1.165) is 32.4 Å². The smallest absolute Gasteiger partial charge is 0.419 e. The molecule has 2 unspecified atom stereocenters. The molecule has 2 aromatic carbocycles. The van der Waals surface area contributed by atoms with Crippen LogP contribution in [0, 0.1) is 5.82 Å². The predicted molar refractivity (Wildman–Crippen MR) is 154 cm³/mol. The molecule has 3 atom stereocenters. The summed E-state index contributed by atoms with van der Waals surface area (Å²) >= 11 is 5.97. The SMILES string of the molecule is COc1cc2ncnc(Nc3cccc(Cl)c3F)c2cc1O[C@H]1CC(C)[N+](C)(C(=O)N(C)C2CCN(C)CC2)C1. The van der Waals surface area contributed by atoms with Gasteiger partial charge in [-0.1, -0.05) is 17.7 Å². The summed E-state index contributed by atoms with van der Waals surface area (Å²) in [5.74, 6) is 0.887. The number of carbonyl (C=O) groups is 1. The summed E-state index contributed by atoms with van der Waals surface area (Å²) in [6.45, 7) is 4.65. The molecule has 2 amide bonds. The van der Waals surface area contributed by atoms with Crippen molar-refractivity contribution in [3.05, 3.63) is 47.5 Å². The third-order valence-electron chi connectivity index (χ3n) is 8.55. The molecule has 2 aliphatic rings. The van der Waals surface area contributed by atoms with Crippen LogP contribution in [0.15, 0.2) is 36.7 Å². The average Bonchev–Trinajstić information content (AvgIpc) is 3.24. The summed E-state index contributed by atoms with van der Waals surface area (Å²) in [5, 5.41) is 3.69. The number of quaternary nitrogens is 1. The van der Waals surface area contributed by atoms with E-state index < -0.39 is 5.82 Å². The number of likely N-dealkylation sites (N-methyl/N-ethyl adjacent to an activating group) is 1. The number of methoxy groups -OCH3 is 1. The molecule has 9 nitrogen and oxygen atoms in total. The maximum absolute atomic E-state index is 14.6.